The summed E-state index contributed by atoms with van der Waals surface area (Å²) >= 11 is 0. The minimum absolute atomic E-state index is 0.295. The van der Waals surface area contributed by atoms with E-state index < -0.39 is 0 Å². The first kappa shape index (κ1) is 13.6. The fourth-order valence-corrected chi connectivity index (χ4v) is 3.24. The number of hydrogen-bond acceptors (Lipinski definition) is 3. The highest BCUT2D eigenvalue weighted by Gasteiger charge is 2.25. The Labute approximate surface area is 119 Å². The minimum Gasteiger partial charge on any atom is -0.378 e. The summed E-state index contributed by atoms with van der Waals surface area (Å²) in [4.78, 5) is 21.5. The van der Waals surface area contributed by atoms with Gasteiger partial charge in [-0.05, 0) is 32.1 Å². The van der Waals surface area contributed by atoms with Crippen LogP contribution < -0.4 is 0 Å². The fraction of sp³-hybridized carbons (Fsp3) is 0.733. The summed E-state index contributed by atoms with van der Waals surface area (Å²) in [5, 5.41) is 0. The molecule has 2 saturated heterocycles. The SMILES string of the molecule is O=C(CCC1CCCO1)N1CCC(c2cnc[nH]2)CC1. The lowest BCUT2D eigenvalue weighted by atomic mass is 9.94. The molecule has 1 unspecified atom stereocenters. The van der Waals surface area contributed by atoms with E-state index in [1.807, 2.05) is 11.1 Å². The van der Waals surface area contributed by atoms with E-state index in [1.54, 1.807) is 6.33 Å². The van der Waals surface area contributed by atoms with E-state index in [-0.39, 0.29) is 0 Å². The van der Waals surface area contributed by atoms with Gasteiger partial charge in [0.05, 0.1) is 12.4 Å². The number of aromatic nitrogens is 2. The van der Waals surface area contributed by atoms with Crippen LogP contribution in [0.3, 0.4) is 0 Å². The number of hydrogen-bond donors (Lipinski definition) is 1. The van der Waals surface area contributed by atoms with Gasteiger partial charge in [0.15, 0.2) is 0 Å². The molecular formula is C15H23N3O2. The molecule has 1 amide bonds. The second-order valence-corrected chi connectivity index (χ2v) is 5.84. The lowest BCUT2D eigenvalue weighted by molar-refractivity contribution is -0.132. The number of likely N-dealkylation sites (tertiary alicyclic amines) is 1. The fourth-order valence-electron chi connectivity index (χ4n) is 3.24. The van der Waals surface area contributed by atoms with Crippen LogP contribution >= 0.6 is 0 Å². The number of imidazole rings is 1. The maximum absolute atomic E-state index is 12.2. The number of aromatic amines is 1. The molecule has 1 atom stereocenters. The molecule has 3 rings (SSSR count). The van der Waals surface area contributed by atoms with Crippen LogP contribution in [0, 0.1) is 0 Å². The van der Waals surface area contributed by atoms with Crippen LogP contribution in [0.4, 0.5) is 0 Å². The maximum Gasteiger partial charge on any atom is 0.222 e. The molecule has 2 fully saturated rings. The summed E-state index contributed by atoms with van der Waals surface area (Å²) < 4.78 is 5.57. The molecule has 0 aliphatic carbocycles. The van der Waals surface area contributed by atoms with E-state index in [4.69, 9.17) is 4.74 Å². The van der Waals surface area contributed by atoms with Crippen molar-refractivity contribution in [2.45, 2.75) is 50.5 Å². The molecule has 0 aromatic carbocycles. The molecule has 0 spiro atoms. The first-order chi connectivity index (χ1) is 9.83. The number of H-pyrrole nitrogens is 1. The number of carbonyl (C=O) groups excluding carboxylic acids is 1. The van der Waals surface area contributed by atoms with E-state index in [9.17, 15) is 4.79 Å². The van der Waals surface area contributed by atoms with Gasteiger partial charge in [0.2, 0.25) is 5.91 Å². The van der Waals surface area contributed by atoms with Gasteiger partial charge in [-0.25, -0.2) is 4.98 Å². The van der Waals surface area contributed by atoms with Crippen LogP contribution in [0.15, 0.2) is 12.5 Å². The van der Waals surface area contributed by atoms with Gasteiger partial charge in [0.1, 0.15) is 0 Å². The monoisotopic (exact) mass is 277 g/mol. The number of piperidine rings is 1. The quantitative estimate of drug-likeness (QED) is 0.916. The molecular weight excluding hydrogens is 254 g/mol. The molecule has 3 heterocycles. The van der Waals surface area contributed by atoms with Crippen molar-refractivity contribution in [3.63, 3.8) is 0 Å². The van der Waals surface area contributed by atoms with E-state index in [1.165, 1.54) is 5.69 Å². The Morgan fingerprint density at radius 2 is 2.25 bits per heavy atom. The number of ether oxygens (including phenoxy) is 1. The van der Waals surface area contributed by atoms with E-state index in [0.29, 0.717) is 24.3 Å². The Morgan fingerprint density at radius 3 is 2.90 bits per heavy atom. The Morgan fingerprint density at radius 1 is 1.40 bits per heavy atom. The predicted molar refractivity (Wildman–Crippen MR) is 75.4 cm³/mol. The molecule has 20 heavy (non-hydrogen) atoms. The van der Waals surface area contributed by atoms with Crippen LogP contribution in [-0.4, -0.2) is 46.6 Å². The largest absolute Gasteiger partial charge is 0.378 e. The average molecular weight is 277 g/mol. The van der Waals surface area contributed by atoms with Crippen molar-refractivity contribution in [3.05, 3.63) is 18.2 Å². The van der Waals surface area contributed by atoms with Gasteiger partial charge in [-0.15, -0.1) is 0 Å². The molecule has 0 radical (unpaired) electrons. The molecule has 5 heteroatoms. The highest BCUT2D eigenvalue weighted by molar-refractivity contribution is 5.76. The Kier molecular flexibility index (Phi) is 4.35. The van der Waals surface area contributed by atoms with Crippen LogP contribution in [0.5, 0.6) is 0 Å². The van der Waals surface area contributed by atoms with E-state index >= 15 is 0 Å². The first-order valence-corrected chi connectivity index (χ1v) is 7.70. The third-order valence-electron chi connectivity index (χ3n) is 4.51. The van der Waals surface area contributed by atoms with Crippen molar-refractivity contribution < 1.29 is 9.53 Å². The molecule has 2 aliphatic rings. The molecule has 1 N–H and O–H groups in total. The summed E-state index contributed by atoms with van der Waals surface area (Å²) in [5.74, 6) is 0.822. The Balaban J connectivity index is 1.42. The van der Waals surface area contributed by atoms with Gasteiger partial charge in [0, 0.05) is 43.9 Å². The Hall–Kier alpha value is -1.36. The topological polar surface area (TPSA) is 58.2 Å². The number of nitrogens with zero attached hydrogens (tertiary/aromatic N) is 2. The van der Waals surface area contributed by atoms with Gasteiger partial charge in [0.25, 0.3) is 0 Å². The van der Waals surface area contributed by atoms with Gasteiger partial charge < -0.3 is 14.6 Å². The Bertz CT molecular complexity index is 418. The summed E-state index contributed by atoms with van der Waals surface area (Å²) in [7, 11) is 0. The van der Waals surface area contributed by atoms with E-state index in [2.05, 4.69) is 9.97 Å². The van der Waals surface area contributed by atoms with Crippen molar-refractivity contribution >= 4 is 5.91 Å². The summed E-state index contributed by atoms with van der Waals surface area (Å²) in [5.41, 5.74) is 1.21. The average Bonchev–Trinajstić information content (AvgIpc) is 3.18. The number of carbonyl (C=O) groups is 1. The van der Waals surface area contributed by atoms with Crippen molar-refractivity contribution in [1.29, 1.82) is 0 Å². The van der Waals surface area contributed by atoms with Crippen molar-refractivity contribution in [3.8, 4) is 0 Å². The summed E-state index contributed by atoms with van der Waals surface area (Å²) in [6.07, 6.45) is 9.82. The molecule has 110 valence electrons. The van der Waals surface area contributed by atoms with Crippen LogP contribution in [0.25, 0.3) is 0 Å². The zero-order chi connectivity index (χ0) is 13.8. The molecule has 5 nitrogen and oxygen atoms in total. The van der Waals surface area contributed by atoms with Gasteiger partial charge in [-0.3, -0.25) is 4.79 Å². The zero-order valence-electron chi connectivity index (χ0n) is 11.9. The van der Waals surface area contributed by atoms with Crippen molar-refractivity contribution in [2.75, 3.05) is 19.7 Å². The predicted octanol–water partition coefficient (Wildman–Crippen LogP) is 2.07. The molecule has 1 aromatic heterocycles. The molecule has 0 bridgehead atoms. The van der Waals surface area contributed by atoms with Gasteiger partial charge in [-0.2, -0.15) is 0 Å². The standard InChI is InChI=1S/C15H23N3O2/c19-15(4-3-13-2-1-9-20-13)18-7-5-12(6-8-18)14-10-16-11-17-14/h10-13H,1-9H2,(H,16,17). The highest BCUT2D eigenvalue weighted by atomic mass is 16.5. The molecule has 1 aromatic rings. The van der Waals surface area contributed by atoms with E-state index in [0.717, 1.165) is 51.8 Å². The molecule has 2 aliphatic heterocycles. The molecule has 0 saturated carbocycles. The summed E-state index contributed by atoms with van der Waals surface area (Å²) in [6.45, 7) is 2.61. The van der Waals surface area contributed by atoms with Crippen molar-refractivity contribution in [2.24, 2.45) is 0 Å². The van der Waals surface area contributed by atoms with Crippen LogP contribution in [0.2, 0.25) is 0 Å². The number of rotatable bonds is 4. The minimum atomic E-state index is 0.295. The van der Waals surface area contributed by atoms with Crippen LogP contribution in [-0.2, 0) is 9.53 Å². The van der Waals surface area contributed by atoms with Crippen molar-refractivity contribution in [1.82, 2.24) is 14.9 Å². The lowest BCUT2D eigenvalue weighted by Gasteiger charge is -2.31. The third kappa shape index (κ3) is 3.20. The van der Waals surface area contributed by atoms with Gasteiger partial charge >= 0.3 is 0 Å². The first-order valence-electron chi connectivity index (χ1n) is 7.70. The third-order valence-corrected chi connectivity index (χ3v) is 4.51. The normalized spacial score (nSPS) is 24.2. The highest BCUT2D eigenvalue weighted by Crippen LogP contribution is 2.27. The smallest absolute Gasteiger partial charge is 0.222 e. The van der Waals surface area contributed by atoms with Gasteiger partial charge in [-0.1, -0.05) is 0 Å². The second-order valence-electron chi connectivity index (χ2n) is 5.84. The van der Waals surface area contributed by atoms with Crippen LogP contribution in [0.1, 0.15) is 50.1 Å². The number of amides is 1. The zero-order valence-corrected chi connectivity index (χ0v) is 11.9. The second kappa shape index (κ2) is 6.39. The maximum atomic E-state index is 12.2. The number of nitrogens with one attached hydrogen (secondary N) is 1. The summed E-state index contributed by atoms with van der Waals surface area (Å²) in [6, 6.07) is 0. The lowest BCUT2D eigenvalue weighted by Crippen LogP contribution is -2.38.